The molecular formula is C12H16N2O4S2. The molecule has 0 amide bonds. The van der Waals surface area contributed by atoms with E-state index in [0.29, 0.717) is 5.75 Å². The van der Waals surface area contributed by atoms with Gasteiger partial charge < -0.3 is 25.4 Å². The average molecular weight is 316 g/mol. The maximum absolute atomic E-state index is 10.1. The Kier molecular flexibility index (Phi) is 3.78. The van der Waals surface area contributed by atoms with Gasteiger partial charge in [-0.3, -0.25) is 0 Å². The molecule has 20 heavy (non-hydrogen) atoms. The number of aliphatic hydroxyl groups excluding tert-OH is 3. The third kappa shape index (κ3) is 2.07. The van der Waals surface area contributed by atoms with Crippen molar-refractivity contribution in [2.24, 2.45) is 4.99 Å². The second kappa shape index (κ2) is 5.28. The van der Waals surface area contributed by atoms with Crippen molar-refractivity contribution in [1.82, 2.24) is 5.32 Å². The van der Waals surface area contributed by atoms with E-state index in [1.54, 1.807) is 6.34 Å². The molecule has 0 saturated carbocycles. The van der Waals surface area contributed by atoms with Gasteiger partial charge in [0, 0.05) is 5.75 Å². The minimum Gasteiger partial charge on any atom is -0.394 e. The molecule has 0 bridgehead atoms. The van der Waals surface area contributed by atoms with Crippen LogP contribution in [-0.2, 0) is 25.4 Å². The number of rotatable bonds is 2. The summed E-state index contributed by atoms with van der Waals surface area (Å²) < 4.78 is 5.59. The highest BCUT2D eigenvalue weighted by Gasteiger charge is 2.46. The van der Waals surface area contributed by atoms with Crippen LogP contribution in [0.25, 0.3) is 0 Å². The van der Waals surface area contributed by atoms with Crippen LogP contribution in [0.2, 0.25) is 0 Å². The maximum atomic E-state index is 10.1. The molecule has 0 aromatic rings. The van der Waals surface area contributed by atoms with E-state index in [1.807, 2.05) is 6.92 Å². The molecule has 4 N–H and O–H groups in total. The molecule has 3 aliphatic heterocycles. The maximum Gasteiger partial charge on any atom is 0.113 e. The zero-order valence-electron chi connectivity index (χ0n) is 10.8. The molecule has 0 spiro atoms. The predicted molar refractivity (Wildman–Crippen MR) is 78.7 cm³/mol. The summed E-state index contributed by atoms with van der Waals surface area (Å²) in [6.45, 7) is 1.58. The van der Waals surface area contributed by atoms with Gasteiger partial charge in [0.25, 0.3) is 0 Å². The molecule has 3 heterocycles. The first-order valence-corrected chi connectivity index (χ1v) is 8.60. The lowest BCUT2D eigenvalue weighted by molar-refractivity contribution is -0.0139. The van der Waals surface area contributed by atoms with Crippen molar-refractivity contribution in [3.8, 4) is 0 Å². The number of nitrogens with zero attached hydrogens (tertiary/aromatic N) is 1. The van der Waals surface area contributed by atoms with Gasteiger partial charge in [0.15, 0.2) is 0 Å². The van der Waals surface area contributed by atoms with Crippen LogP contribution in [0.1, 0.15) is 6.92 Å². The van der Waals surface area contributed by atoms with Gasteiger partial charge >= 0.3 is 0 Å². The molecule has 0 aliphatic carbocycles. The second-order valence-corrected chi connectivity index (χ2v) is 7.56. The van der Waals surface area contributed by atoms with Crippen LogP contribution < -0.4 is 5.32 Å². The third-order valence-corrected chi connectivity index (χ3v) is 6.13. The fourth-order valence-electron chi connectivity index (χ4n) is 2.71. The van der Waals surface area contributed by atoms with Gasteiger partial charge in [-0.2, -0.15) is 0 Å². The topological polar surface area (TPSA) is 94.3 Å². The van der Waals surface area contributed by atoms with Crippen LogP contribution in [0, 0.1) is 0 Å². The Morgan fingerprint density at radius 3 is 2.90 bits per heavy atom. The lowest BCUT2D eigenvalue weighted by Crippen LogP contribution is -2.35. The van der Waals surface area contributed by atoms with E-state index in [4.69, 9.17) is 21.0 Å². The molecule has 3 aliphatic rings. The summed E-state index contributed by atoms with van der Waals surface area (Å²) in [4.78, 5) is 5.19. The number of aliphatic hydroxyl groups is 3. The Morgan fingerprint density at radius 2 is 2.25 bits per heavy atom. The van der Waals surface area contributed by atoms with Crippen molar-refractivity contribution in [3.05, 3.63) is 21.9 Å². The van der Waals surface area contributed by atoms with Gasteiger partial charge in [-0.05, 0) is 23.7 Å². The molecule has 3 rings (SSSR count). The van der Waals surface area contributed by atoms with Crippen LogP contribution in [0.4, 0.5) is 0 Å². The van der Waals surface area contributed by atoms with Gasteiger partial charge in [0.2, 0.25) is 0 Å². The molecule has 0 aromatic carbocycles. The number of fused-ring (bicyclic) bond motifs is 1. The summed E-state index contributed by atoms with van der Waals surface area (Å²) in [6, 6.07) is 0. The lowest BCUT2D eigenvalue weighted by atomic mass is 10.0. The number of hydrogen-bond acceptors (Lipinski definition) is 7. The van der Waals surface area contributed by atoms with Gasteiger partial charge in [0.05, 0.1) is 29.2 Å². The largest absolute Gasteiger partial charge is 0.394 e. The van der Waals surface area contributed by atoms with E-state index >= 15 is 0 Å². The first kappa shape index (κ1) is 14.3. The third-order valence-electron chi connectivity index (χ3n) is 3.74. The monoisotopic (exact) mass is 316 g/mol. The summed E-state index contributed by atoms with van der Waals surface area (Å²) in [5.41, 5.74) is 2.58. The summed E-state index contributed by atoms with van der Waals surface area (Å²) in [5.74, 6) is 0.598. The standard InChI is InChI=1S/C12H16N2O4S2/c1-5-12-8(14-4-13-5)6(3-20(12)19)11-10(17)9(16)7(2-15)18-11/h4,7,9-11,15-17H,2-3H2,1H3,(H,13,14)/t7-,9-,10-,11+,20?/m1/s1. The molecule has 5 atom stereocenters. The number of ether oxygens (including phenoxy) is 1. The smallest absolute Gasteiger partial charge is 0.113 e. The van der Waals surface area contributed by atoms with Gasteiger partial charge in [-0.1, -0.05) is 9.45 Å². The Labute approximate surface area is 123 Å². The van der Waals surface area contributed by atoms with Gasteiger partial charge in [-0.25, -0.2) is 4.99 Å². The van der Waals surface area contributed by atoms with Crippen molar-refractivity contribution < 1.29 is 20.1 Å². The summed E-state index contributed by atoms with van der Waals surface area (Å²) in [6.07, 6.45) is -1.95. The van der Waals surface area contributed by atoms with Crippen molar-refractivity contribution in [2.75, 3.05) is 12.4 Å². The van der Waals surface area contributed by atoms with Crippen molar-refractivity contribution in [1.29, 1.82) is 0 Å². The van der Waals surface area contributed by atoms with Crippen molar-refractivity contribution >= 4 is 27.0 Å². The quantitative estimate of drug-likeness (QED) is 0.505. The first-order chi connectivity index (χ1) is 9.54. The molecule has 0 radical (unpaired) electrons. The molecular weight excluding hydrogens is 300 g/mol. The van der Waals surface area contributed by atoms with E-state index in [-0.39, 0.29) is 6.61 Å². The Hall–Kier alpha value is -0.640. The molecule has 8 heteroatoms. The zero-order chi connectivity index (χ0) is 14.4. The molecule has 1 saturated heterocycles. The molecule has 0 aromatic heterocycles. The average Bonchev–Trinajstić information content (AvgIpc) is 2.90. The zero-order valence-corrected chi connectivity index (χ0v) is 12.4. The molecule has 110 valence electrons. The van der Waals surface area contributed by atoms with Crippen LogP contribution >= 0.6 is 0 Å². The molecule has 6 nitrogen and oxygen atoms in total. The Balaban J connectivity index is 1.98. The summed E-state index contributed by atoms with van der Waals surface area (Å²) in [7, 11) is -0.408. The van der Waals surface area contributed by atoms with Crippen molar-refractivity contribution in [3.63, 3.8) is 0 Å². The molecule has 1 fully saturated rings. The predicted octanol–water partition coefficient (Wildman–Crippen LogP) is -1.32. The number of aliphatic imine (C=N–C) groups is 1. The first-order valence-electron chi connectivity index (χ1n) is 6.28. The van der Waals surface area contributed by atoms with Crippen LogP contribution in [0.15, 0.2) is 26.9 Å². The minimum atomic E-state index is -1.09. The van der Waals surface area contributed by atoms with E-state index in [0.717, 1.165) is 21.9 Å². The van der Waals surface area contributed by atoms with E-state index in [2.05, 4.69) is 10.3 Å². The highest BCUT2D eigenvalue weighted by molar-refractivity contribution is 8.31. The second-order valence-electron chi connectivity index (χ2n) is 4.97. The highest BCUT2D eigenvalue weighted by atomic mass is 32.8. The Morgan fingerprint density at radius 1 is 1.50 bits per heavy atom. The van der Waals surface area contributed by atoms with E-state index in [9.17, 15) is 10.2 Å². The number of hydrogen-bond donors (Lipinski definition) is 4. The summed E-state index contributed by atoms with van der Waals surface area (Å²) >= 11 is 5.48. The van der Waals surface area contributed by atoms with Crippen molar-refractivity contribution in [2.45, 2.75) is 31.3 Å². The normalized spacial score (nSPS) is 40.3. The fraction of sp³-hybridized carbons (Fsp3) is 0.583. The highest BCUT2D eigenvalue weighted by Crippen LogP contribution is 2.37. The molecule has 1 unspecified atom stereocenters. The van der Waals surface area contributed by atoms with E-state index in [1.165, 1.54) is 0 Å². The SMILES string of the molecule is CC1=C2C(=C([C@@H]3O[C@H](CO)[C@@H](O)[C@H]3O)CS2=S)NC=N1. The summed E-state index contributed by atoms with van der Waals surface area (Å²) in [5, 5.41) is 32.2. The lowest BCUT2D eigenvalue weighted by Gasteiger charge is -2.18. The number of nitrogens with one attached hydrogen (secondary N) is 1. The fourth-order valence-corrected chi connectivity index (χ4v) is 5.24. The van der Waals surface area contributed by atoms with Crippen LogP contribution in [-0.4, -0.2) is 58.4 Å². The van der Waals surface area contributed by atoms with E-state index < -0.39 is 33.9 Å². The van der Waals surface area contributed by atoms with Crippen LogP contribution in [0.3, 0.4) is 0 Å². The van der Waals surface area contributed by atoms with Gasteiger partial charge in [0.1, 0.15) is 24.4 Å². The van der Waals surface area contributed by atoms with Gasteiger partial charge in [-0.15, -0.1) is 0 Å². The minimum absolute atomic E-state index is 0.326. The van der Waals surface area contributed by atoms with Crippen LogP contribution in [0.5, 0.6) is 0 Å². The Bertz CT molecular complexity index is 558. The number of allylic oxidation sites excluding steroid dienone is 1.